The maximum Gasteiger partial charge on any atom is 0.319 e. The Bertz CT molecular complexity index is 1660. The Morgan fingerprint density at radius 1 is 1.30 bits per heavy atom. The third kappa shape index (κ3) is 4.69. The minimum Gasteiger partial charge on any atom is -0.462 e. The minimum absolute atomic E-state index is 0.0000127. The van der Waals surface area contributed by atoms with Gasteiger partial charge in [0.1, 0.15) is 29.3 Å². The third-order valence-electron chi connectivity index (χ3n) is 7.43. The first-order valence-corrected chi connectivity index (χ1v) is 14.0. The summed E-state index contributed by atoms with van der Waals surface area (Å²) in [7, 11) is 2.03. The number of rotatable bonds is 7. The van der Waals surface area contributed by atoms with E-state index in [-0.39, 0.29) is 50.8 Å². The zero-order valence-electron chi connectivity index (χ0n) is 21.6. The molecule has 2 aliphatic rings. The van der Waals surface area contributed by atoms with Crippen LogP contribution in [0, 0.1) is 11.6 Å². The Labute approximate surface area is 237 Å². The summed E-state index contributed by atoms with van der Waals surface area (Å²) in [6.07, 6.45) is 3.32. The maximum absolute atomic E-state index is 16.4. The fraction of sp³-hybridized carbons (Fsp3) is 0.333. The second kappa shape index (κ2) is 10.4. The van der Waals surface area contributed by atoms with Gasteiger partial charge in [-0.15, -0.1) is 0 Å². The number of fused-ring (bicyclic) bond motifs is 2. The first kappa shape index (κ1) is 26.6. The van der Waals surface area contributed by atoms with E-state index in [1.54, 1.807) is 11.0 Å². The number of nitrogens with one attached hydrogen (secondary N) is 1. The Morgan fingerprint density at radius 3 is 2.83 bits per heavy atom. The highest BCUT2D eigenvalue weighted by atomic mass is 35.5. The number of nitrogens with zero attached hydrogens (tertiary/aromatic N) is 5. The van der Waals surface area contributed by atoms with Gasteiger partial charge in [0.25, 0.3) is 0 Å². The van der Waals surface area contributed by atoms with Crippen LogP contribution < -0.4 is 15.8 Å². The lowest BCUT2D eigenvalue weighted by Gasteiger charge is -2.39. The van der Waals surface area contributed by atoms with Gasteiger partial charge in [-0.05, 0) is 50.7 Å². The third-order valence-corrected chi connectivity index (χ3v) is 8.64. The summed E-state index contributed by atoms with van der Waals surface area (Å²) in [4.78, 5) is 28.8. The van der Waals surface area contributed by atoms with E-state index in [4.69, 9.17) is 22.1 Å². The Hall–Kier alpha value is -3.61. The Morgan fingerprint density at radius 2 is 2.10 bits per heavy atom. The van der Waals surface area contributed by atoms with E-state index in [9.17, 15) is 9.18 Å². The molecular formula is C27H26ClF2N7O2S. The van der Waals surface area contributed by atoms with E-state index < -0.39 is 11.6 Å². The van der Waals surface area contributed by atoms with Crippen LogP contribution >= 0.6 is 22.9 Å². The van der Waals surface area contributed by atoms with Gasteiger partial charge in [0.15, 0.2) is 10.9 Å². The van der Waals surface area contributed by atoms with Crippen molar-refractivity contribution in [2.75, 3.05) is 44.3 Å². The summed E-state index contributed by atoms with van der Waals surface area (Å²) >= 11 is 7.72. The lowest BCUT2D eigenvalue weighted by molar-refractivity contribution is -0.129. The molecule has 1 atom stereocenters. The van der Waals surface area contributed by atoms with E-state index in [1.165, 1.54) is 18.2 Å². The van der Waals surface area contributed by atoms with Gasteiger partial charge in [0.2, 0.25) is 5.91 Å². The highest BCUT2D eigenvalue weighted by Crippen LogP contribution is 2.43. The lowest BCUT2D eigenvalue weighted by Crippen LogP contribution is -2.56. The average molecular weight is 586 g/mol. The van der Waals surface area contributed by atoms with Crippen molar-refractivity contribution in [3.8, 4) is 17.1 Å². The van der Waals surface area contributed by atoms with Crippen molar-refractivity contribution < 1.29 is 18.3 Å². The zero-order chi connectivity index (χ0) is 28.1. The first-order chi connectivity index (χ1) is 19.2. The molecule has 4 aromatic rings. The van der Waals surface area contributed by atoms with Crippen molar-refractivity contribution in [2.45, 2.75) is 24.9 Å². The highest BCUT2D eigenvalue weighted by Gasteiger charge is 2.31. The van der Waals surface area contributed by atoms with Crippen molar-refractivity contribution >= 4 is 60.9 Å². The highest BCUT2D eigenvalue weighted by molar-refractivity contribution is 7.22. The fourth-order valence-electron chi connectivity index (χ4n) is 5.22. The predicted molar refractivity (Wildman–Crippen MR) is 153 cm³/mol. The molecule has 4 heterocycles. The van der Waals surface area contributed by atoms with Crippen LogP contribution in [0.2, 0.25) is 5.02 Å². The summed E-state index contributed by atoms with van der Waals surface area (Å²) in [5, 5.41) is 3.90. The molecule has 0 spiro atoms. The number of amides is 1. The number of nitrogen functional groups attached to an aromatic ring is 1. The standard InChI is InChI=1S/C27H26ClF2N7O2S/c1-3-19(38)37-10-13(11-37)32-25-16-9-17(28)20(15-6-7-18(29)23-24(15)40-26(31)33-23)21(30)22(16)34-27(35-25)39-12-14-5-4-8-36(14)2/h3,6-7,9,13-14H,1,4-5,8,10-12H2,2H3,(H2,31,33)(H,32,34,35)/t14-/m0/s1. The number of ether oxygens (including phenoxy) is 1. The largest absolute Gasteiger partial charge is 0.462 e. The first-order valence-electron chi connectivity index (χ1n) is 12.8. The summed E-state index contributed by atoms with van der Waals surface area (Å²) in [6, 6.07) is 4.36. The summed E-state index contributed by atoms with van der Waals surface area (Å²) < 4.78 is 37.2. The van der Waals surface area contributed by atoms with Crippen molar-refractivity contribution in [1.82, 2.24) is 24.8 Å². The zero-order valence-corrected chi connectivity index (χ0v) is 23.2. The lowest BCUT2D eigenvalue weighted by atomic mass is 10.0. The number of nitrogens with two attached hydrogens (primary N) is 1. The summed E-state index contributed by atoms with van der Waals surface area (Å²) in [6.45, 7) is 5.73. The summed E-state index contributed by atoms with van der Waals surface area (Å²) in [5.41, 5.74) is 6.31. The number of hydrogen-bond acceptors (Lipinski definition) is 9. The molecule has 9 nitrogen and oxygen atoms in total. The Balaban J connectivity index is 1.43. The molecule has 13 heteroatoms. The molecule has 0 unspecified atom stereocenters. The number of halogens is 3. The fourth-order valence-corrected chi connectivity index (χ4v) is 6.38. The monoisotopic (exact) mass is 585 g/mol. The molecule has 3 N–H and O–H groups in total. The van der Waals surface area contributed by atoms with Crippen molar-refractivity contribution in [3.05, 3.63) is 47.5 Å². The Kier molecular flexibility index (Phi) is 6.93. The molecule has 0 bridgehead atoms. The topological polar surface area (TPSA) is 110 Å². The van der Waals surface area contributed by atoms with Crippen LogP contribution in [-0.4, -0.2) is 76.0 Å². The van der Waals surface area contributed by atoms with Gasteiger partial charge >= 0.3 is 6.01 Å². The molecule has 0 aliphatic carbocycles. The number of carbonyl (C=O) groups excluding carboxylic acids is 1. The predicted octanol–water partition coefficient (Wildman–Crippen LogP) is 4.70. The smallest absolute Gasteiger partial charge is 0.319 e. The van der Waals surface area contributed by atoms with Gasteiger partial charge in [-0.2, -0.15) is 9.97 Å². The van der Waals surface area contributed by atoms with Gasteiger partial charge < -0.3 is 25.6 Å². The molecule has 2 saturated heterocycles. The van der Waals surface area contributed by atoms with Crippen molar-refractivity contribution in [3.63, 3.8) is 0 Å². The molecule has 208 valence electrons. The molecular weight excluding hydrogens is 560 g/mol. The molecule has 2 fully saturated rings. The van der Waals surface area contributed by atoms with Gasteiger partial charge in [0, 0.05) is 35.6 Å². The van der Waals surface area contributed by atoms with Crippen molar-refractivity contribution in [1.29, 1.82) is 0 Å². The van der Waals surface area contributed by atoms with Crippen LogP contribution in [-0.2, 0) is 4.79 Å². The molecule has 1 amide bonds. The number of aromatic nitrogens is 3. The molecule has 40 heavy (non-hydrogen) atoms. The normalized spacial score (nSPS) is 17.9. The number of likely N-dealkylation sites (N-methyl/N-ethyl adjacent to an activating group) is 1. The van der Waals surface area contributed by atoms with Crippen LogP contribution in [0.15, 0.2) is 30.9 Å². The van der Waals surface area contributed by atoms with Crippen LogP contribution in [0.4, 0.5) is 19.7 Å². The number of likely N-dealkylation sites (tertiary alicyclic amines) is 2. The summed E-state index contributed by atoms with van der Waals surface area (Å²) in [5.74, 6) is -1.08. The molecule has 0 radical (unpaired) electrons. The number of carbonyl (C=O) groups is 1. The SMILES string of the molecule is C=CC(=O)N1CC(Nc2nc(OC[C@@H]3CCCN3C)nc3c(F)c(-c4ccc(F)c5nc(N)sc45)c(Cl)cc23)C1. The van der Waals surface area contributed by atoms with E-state index in [0.717, 1.165) is 30.7 Å². The minimum atomic E-state index is -0.701. The molecule has 2 aliphatic heterocycles. The van der Waals surface area contributed by atoms with Gasteiger partial charge in [-0.3, -0.25) is 4.79 Å². The molecule has 2 aromatic carbocycles. The van der Waals surface area contributed by atoms with E-state index in [0.29, 0.717) is 41.2 Å². The maximum atomic E-state index is 16.4. The molecule has 2 aromatic heterocycles. The average Bonchev–Trinajstić information content (AvgIpc) is 3.51. The second-order valence-electron chi connectivity index (χ2n) is 10.00. The number of benzene rings is 2. The van der Waals surface area contributed by atoms with Gasteiger partial charge in [0.05, 0.1) is 15.8 Å². The second-order valence-corrected chi connectivity index (χ2v) is 11.4. The quantitative estimate of drug-likeness (QED) is 0.300. The van der Waals surface area contributed by atoms with Gasteiger partial charge in [-0.25, -0.2) is 13.8 Å². The molecule has 0 saturated carbocycles. The van der Waals surface area contributed by atoms with Crippen LogP contribution in [0.5, 0.6) is 6.01 Å². The van der Waals surface area contributed by atoms with Crippen molar-refractivity contribution in [2.24, 2.45) is 0 Å². The van der Waals surface area contributed by atoms with E-state index >= 15 is 4.39 Å². The number of anilines is 2. The number of thiazole rings is 1. The van der Waals surface area contributed by atoms with E-state index in [1.807, 2.05) is 7.05 Å². The van der Waals surface area contributed by atoms with Crippen LogP contribution in [0.1, 0.15) is 12.8 Å². The van der Waals surface area contributed by atoms with Crippen LogP contribution in [0.3, 0.4) is 0 Å². The van der Waals surface area contributed by atoms with Gasteiger partial charge in [-0.1, -0.05) is 29.5 Å². The number of hydrogen-bond donors (Lipinski definition) is 2. The van der Waals surface area contributed by atoms with E-state index in [2.05, 4.69) is 31.7 Å². The van der Waals surface area contributed by atoms with Crippen LogP contribution in [0.25, 0.3) is 32.2 Å². The molecule has 6 rings (SSSR count).